The van der Waals surface area contributed by atoms with E-state index in [-0.39, 0.29) is 0 Å². The van der Waals surface area contributed by atoms with Gasteiger partial charge in [-0.3, -0.25) is 0 Å². The molecule has 0 fully saturated rings. The van der Waals surface area contributed by atoms with Crippen molar-refractivity contribution in [1.82, 2.24) is 0 Å². The molecule has 0 saturated heterocycles. The van der Waals surface area contributed by atoms with Crippen molar-refractivity contribution in [2.45, 2.75) is 67.2 Å². The van der Waals surface area contributed by atoms with Crippen LogP contribution in [0.25, 0.3) is 11.1 Å². The first kappa shape index (κ1) is 32.8. The standard InChI is InChI=1S/C46H48N2/c1-31(2)37-11-19-41(20-12-37)47(45-27-9-33(5)29-35(45)7)43-23-15-39(16-24-43)40-17-25-44(26-18-40)48(46-28-10-34(6)30-36(46)8)42-21-13-38(14-22-42)32(3)4/h9-32H,1-8H3. The summed E-state index contributed by atoms with van der Waals surface area (Å²) in [7, 11) is 0. The van der Waals surface area contributed by atoms with Crippen molar-refractivity contribution < 1.29 is 0 Å². The van der Waals surface area contributed by atoms with Crippen molar-refractivity contribution in [2.75, 3.05) is 9.80 Å². The summed E-state index contributed by atoms with van der Waals surface area (Å²) in [5.74, 6) is 0.996. The Hall–Kier alpha value is -5.08. The molecule has 0 N–H and O–H groups in total. The molecular weight excluding hydrogens is 581 g/mol. The van der Waals surface area contributed by atoms with Crippen LogP contribution in [0.5, 0.6) is 0 Å². The van der Waals surface area contributed by atoms with E-state index in [4.69, 9.17) is 0 Å². The van der Waals surface area contributed by atoms with Crippen molar-refractivity contribution in [3.8, 4) is 11.1 Å². The smallest absolute Gasteiger partial charge is 0.0490 e. The van der Waals surface area contributed by atoms with Crippen LogP contribution in [0.4, 0.5) is 34.1 Å². The second-order valence-corrected chi connectivity index (χ2v) is 13.8. The van der Waals surface area contributed by atoms with Gasteiger partial charge in [-0.15, -0.1) is 0 Å². The molecule has 0 aliphatic rings. The van der Waals surface area contributed by atoms with Crippen LogP contribution in [0, 0.1) is 27.7 Å². The average molecular weight is 629 g/mol. The number of anilines is 6. The van der Waals surface area contributed by atoms with Gasteiger partial charge >= 0.3 is 0 Å². The fraction of sp³-hybridized carbons (Fsp3) is 0.217. The van der Waals surface area contributed by atoms with E-state index in [0.717, 1.165) is 22.7 Å². The summed E-state index contributed by atoms with van der Waals surface area (Å²) in [5, 5.41) is 0. The van der Waals surface area contributed by atoms with Crippen molar-refractivity contribution in [2.24, 2.45) is 0 Å². The lowest BCUT2D eigenvalue weighted by molar-refractivity contribution is 0.866. The van der Waals surface area contributed by atoms with Gasteiger partial charge in [-0.2, -0.15) is 0 Å². The molecule has 0 atom stereocenters. The fourth-order valence-corrected chi connectivity index (χ4v) is 6.59. The molecule has 242 valence electrons. The summed E-state index contributed by atoms with van der Waals surface area (Å²) in [6.45, 7) is 17.7. The summed E-state index contributed by atoms with van der Waals surface area (Å²) in [4.78, 5) is 4.75. The largest absolute Gasteiger partial charge is 0.310 e. The molecule has 0 spiro atoms. The van der Waals surface area contributed by atoms with Gasteiger partial charge < -0.3 is 9.80 Å². The van der Waals surface area contributed by atoms with Crippen molar-refractivity contribution in [1.29, 1.82) is 0 Å². The van der Waals surface area contributed by atoms with E-state index >= 15 is 0 Å². The fourth-order valence-electron chi connectivity index (χ4n) is 6.59. The van der Waals surface area contributed by atoms with E-state index < -0.39 is 0 Å². The minimum absolute atomic E-state index is 0.498. The number of hydrogen-bond acceptors (Lipinski definition) is 2. The first-order valence-electron chi connectivity index (χ1n) is 17.2. The lowest BCUT2D eigenvalue weighted by Crippen LogP contribution is -2.12. The lowest BCUT2D eigenvalue weighted by Gasteiger charge is -2.28. The molecule has 6 aromatic carbocycles. The summed E-state index contributed by atoms with van der Waals surface area (Å²) < 4.78 is 0. The molecule has 0 aromatic heterocycles. The van der Waals surface area contributed by atoms with E-state index in [0.29, 0.717) is 11.8 Å². The summed E-state index contributed by atoms with van der Waals surface area (Å²) in [5.41, 5.74) is 17.2. The van der Waals surface area contributed by atoms with E-state index in [9.17, 15) is 0 Å². The van der Waals surface area contributed by atoms with Crippen molar-refractivity contribution in [3.05, 3.63) is 167 Å². The first-order valence-corrected chi connectivity index (χ1v) is 17.2. The Balaban J connectivity index is 1.34. The molecule has 0 amide bonds. The van der Waals surface area contributed by atoms with Crippen LogP contribution in [-0.2, 0) is 0 Å². The van der Waals surface area contributed by atoms with Gasteiger partial charge in [0.05, 0.1) is 0 Å². The predicted molar refractivity (Wildman–Crippen MR) is 208 cm³/mol. The number of benzene rings is 6. The maximum absolute atomic E-state index is 2.37. The van der Waals surface area contributed by atoms with Gasteiger partial charge in [0.2, 0.25) is 0 Å². The van der Waals surface area contributed by atoms with Crippen molar-refractivity contribution in [3.63, 3.8) is 0 Å². The molecular formula is C46H48N2. The number of rotatable bonds is 9. The van der Waals surface area contributed by atoms with E-state index in [1.807, 2.05) is 0 Å². The molecule has 0 aliphatic carbocycles. The van der Waals surface area contributed by atoms with E-state index in [1.165, 1.54) is 55.9 Å². The highest BCUT2D eigenvalue weighted by atomic mass is 15.1. The molecule has 0 unspecified atom stereocenters. The van der Waals surface area contributed by atoms with E-state index in [2.05, 4.69) is 199 Å². The van der Waals surface area contributed by atoms with E-state index in [1.54, 1.807) is 0 Å². The minimum atomic E-state index is 0.498. The van der Waals surface area contributed by atoms with Crippen LogP contribution >= 0.6 is 0 Å². The average Bonchev–Trinajstić information content (AvgIpc) is 3.08. The second kappa shape index (κ2) is 14.0. The number of nitrogens with zero attached hydrogens (tertiary/aromatic N) is 2. The molecule has 0 aliphatic heterocycles. The highest BCUT2D eigenvalue weighted by Crippen LogP contribution is 2.40. The summed E-state index contributed by atoms with van der Waals surface area (Å²) in [6.07, 6.45) is 0. The number of aryl methyl sites for hydroxylation is 4. The topological polar surface area (TPSA) is 6.48 Å². The minimum Gasteiger partial charge on any atom is -0.310 e. The van der Waals surface area contributed by atoms with Crippen LogP contribution < -0.4 is 9.80 Å². The van der Waals surface area contributed by atoms with Crippen LogP contribution in [0.3, 0.4) is 0 Å². The zero-order chi connectivity index (χ0) is 33.9. The Labute approximate surface area is 288 Å². The normalized spacial score (nSPS) is 11.3. The zero-order valence-electron chi connectivity index (χ0n) is 29.8. The lowest BCUT2D eigenvalue weighted by atomic mass is 10.0. The van der Waals surface area contributed by atoms with Crippen LogP contribution in [0.2, 0.25) is 0 Å². The van der Waals surface area contributed by atoms with Crippen LogP contribution in [-0.4, -0.2) is 0 Å². The Morgan fingerprint density at radius 1 is 0.354 bits per heavy atom. The van der Waals surface area contributed by atoms with Gasteiger partial charge in [-0.05, 0) is 134 Å². The molecule has 0 heterocycles. The molecule has 48 heavy (non-hydrogen) atoms. The Morgan fingerprint density at radius 3 is 0.917 bits per heavy atom. The molecule has 0 bridgehead atoms. The maximum atomic E-state index is 2.37. The highest BCUT2D eigenvalue weighted by molar-refractivity contribution is 5.82. The van der Waals surface area contributed by atoms with Gasteiger partial charge in [0.15, 0.2) is 0 Å². The second-order valence-electron chi connectivity index (χ2n) is 13.8. The third-order valence-corrected chi connectivity index (χ3v) is 9.41. The third kappa shape index (κ3) is 6.94. The quantitative estimate of drug-likeness (QED) is 0.157. The third-order valence-electron chi connectivity index (χ3n) is 9.41. The molecule has 0 saturated carbocycles. The van der Waals surface area contributed by atoms with Gasteiger partial charge in [-0.1, -0.05) is 112 Å². The monoisotopic (exact) mass is 628 g/mol. The van der Waals surface area contributed by atoms with Crippen LogP contribution in [0.1, 0.15) is 72.9 Å². The van der Waals surface area contributed by atoms with Gasteiger partial charge in [-0.25, -0.2) is 0 Å². The SMILES string of the molecule is Cc1ccc(N(c2ccc(-c3ccc(N(c4ccc(C(C)C)cc4)c4ccc(C)cc4C)cc3)cc2)c2ccc(C(C)C)cc2)c(C)c1. The number of hydrogen-bond donors (Lipinski definition) is 0. The van der Waals surface area contributed by atoms with Gasteiger partial charge in [0, 0.05) is 34.1 Å². The molecule has 2 nitrogen and oxygen atoms in total. The predicted octanol–water partition coefficient (Wildman–Crippen LogP) is 13.8. The summed E-state index contributed by atoms with van der Waals surface area (Å²) in [6, 6.07) is 49.4. The Morgan fingerprint density at radius 2 is 0.646 bits per heavy atom. The Kier molecular flexibility index (Phi) is 9.55. The highest BCUT2D eigenvalue weighted by Gasteiger charge is 2.17. The molecule has 2 heteroatoms. The van der Waals surface area contributed by atoms with Crippen molar-refractivity contribution >= 4 is 34.1 Å². The molecule has 6 aromatic rings. The summed E-state index contributed by atoms with van der Waals surface area (Å²) >= 11 is 0. The molecule has 0 radical (unpaired) electrons. The zero-order valence-corrected chi connectivity index (χ0v) is 29.8. The van der Waals surface area contributed by atoms with Gasteiger partial charge in [0.25, 0.3) is 0 Å². The first-order chi connectivity index (χ1) is 23.1. The van der Waals surface area contributed by atoms with Crippen LogP contribution in [0.15, 0.2) is 133 Å². The Bertz CT molecular complexity index is 1830. The van der Waals surface area contributed by atoms with Gasteiger partial charge in [0.1, 0.15) is 0 Å². The molecule has 6 rings (SSSR count). The maximum Gasteiger partial charge on any atom is 0.0490 e.